The molecule has 0 amide bonds. The Bertz CT molecular complexity index is 973. The van der Waals surface area contributed by atoms with Crippen molar-refractivity contribution in [1.29, 1.82) is 0 Å². The van der Waals surface area contributed by atoms with Crippen molar-refractivity contribution in [2.75, 3.05) is 0 Å². The van der Waals surface area contributed by atoms with Gasteiger partial charge in [0.25, 0.3) is 5.88 Å². The van der Waals surface area contributed by atoms with Crippen molar-refractivity contribution in [2.24, 2.45) is 0 Å². The maximum atomic E-state index is 11.5. The van der Waals surface area contributed by atoms with Crippen LogP contribution in [0.15, 0.2) is 51.7 Å². The zero-order valence-corrected chi connectivity index (χ0v) is 12.2. The number of hydrogen-bond acceptors (Lipinski definition) is 6. The third-order valence-electron chi connectivity index (χ3n) is 3.17. The summed E-state index contributed by atoms with van der Waals surface area (Å²) < 4.78 is 5.64. The molecular formula is C16H11N3O5. The highest BCUT2D eigenvalue weighted by molar-refractivity contribution is 5.67. The van der Waals surface area contributed by atoms with Gasteiger partial charge in [-0.2, -0.15) is 4.98 Å². The summed E-state index contributed by atoms with van der Waals surface area (Å²) in [5.41, 5.74) is -1.11. The van der Waals surface area contributed by atoms with E-state index < -0.39 is 22.0 Å². The average Bonchev–Trinajstić information content (AvgIpc) is 3.02. The molecule has 2 N–H and O–H groups in total. The smallest absolute Gasteiger partial charge is 0.395 e. The summed E-state index contributed by atoms with van der Waals surface area (Å²) in [6.45, 7) is 0. The van der Waals surface area contributed by atoms with E-state index in [1.807, 2.05) is 30.3 Å². The van der Waals surface area contributed by atoms with Gasteiger partial charge in [-0.05, 0) is 24.3 Å². The fourth-order valence-corrected chi connectivity index (χ4v) is 2.08. The van der Waals surface area contributed by atoms with Crippen LogP contribution in [0.4, 0.5) is 5.69 Å². The van der Waals surface area contributed by atoms with E-state index in [1.54, 1.807) is 12.1 Å². The van der Waals surface area contributed by atoms with Crippen molar-refractivity contribution < 1.29 is 14.4 Å². The standard InChI is InChI=1S/C16H11N3O5/c20-15-14(19(22)23)16(21)18-13(17-15)9-7-11-6-8-12(24-11)10-4-2-1-3-5-10/h1-9H,(H2,17,18,20,21). The Kier molecular flexibility index (Phi) is 3.94. The van der Waals surface area contributed by atoms with Gasteiger partial charge in [-0.15, -0.1) is 0 Å². The maximum absolute atomic E-state index is 11.5. The van der Waals surface area contributed by atoms with Crippen LogP contribution >= 0.6 is 0 Å². The van der Waals surface area contributed by atoms with Crippen molar-refractivity contribution in [3.05, 3.63) is 74.5 Å². The van der Waals surface area contributed by atoms with Gasteiger partial charge in [-0.3, -0.25) is 14.9 Å². The predicted molar refractivity (Wildman–Crippen MR) is 86.2 cm³/mol. The lowest BCUT2D eigenvalue weighted by atomic mass is 10.2. The van der Waals surface area contributed by atoms with Crippen molar-refractivity contribution in [1.82, 2.24) is 9.97 Å². The first kappa shape index (κ1) is 15.2. The van der Waals surface area contributed by atoms with E-state index in [-0.39, 0.29) is 5.82 Å². The number of hydrogen-bond donors (Lipinski definition) is 2. The van der Waals surface area contributed by atoms with Crippen LogP contribution in [0.3, 0.4) is 0 Å². The third-order valence-corrected chi connectivity index (χ3v) is 3.17. The lowest BCUT2D eigenvalue weighted by Crippen LogP contribution is -2.14. The Morgan fingerprint density at radius 2 is 1.92 bits per heavy atom. The Hall–Kier alpha value is -3.68. The molecule has 0 fully saturated rings. The van der Waals surface area contributed by atoms with Gasteiger partial charge in [-0.25, -0.2) is 0 Å². The second-order valence-electron chi connectivity index (χ2n) is 4.78. The second-order valence-corrected chi connectivity index (χ2v) is 4.78. The topological polar surface area (TPSA) is 122 Å². The van der Waals surface area contributed by atoms with E-state index in [0.29, 0.717) is 11.5 Å². The Morgan fingerprint density at radius 3 is 2.58 bits per heavy atom. The summed E-state index contributed by atoms with van der Waals surface area (Å²) in [4.78, 5) is 27.0. The van der Waals surface area contributed by atoms with Gasteiger partial charge in [0.1, 0.15) is 17.3 Å². The van der Waals surface area contributed by atoms with Crippen LogP contribution in [-0.2, 0) is 0 Å². The van der Waals surface area contributed by atoms with E-state index in [4.69, 9.17) is 4.42 Å². The first-order valence-corrected chi connectivity index (χ1v) is 6.85. The van der Waals surface area contributed by atoms with Crippen molar-refractivity contribution in [3.8, 4) is 17.2 Å². The van der Waals surface area contributed by atoms with Crippen molar-refractivity contribution >= 4 is 17.8 Å². The lowest BCUT2D eigenvalue weighted by molar-refractivity contribution is -0.387. The first-order chi connectivity index (χ1) is 11.5. The summed E-state index contributed by atoms with van der Waals surface area (Å²) >= 11 is 0. The molecule has 0 radical (unpaired) electrons. The normalized spacial score (nSPS) is 11.0. The highest BCUT2D eigenvalue weighted by Crippen LogP contribution is 2.23. The Balaban J connectivity index is 1.86. The first-order valence-electron chi connectivity index (χ1n) is 6.85. The van der Waals surface area contributed by atoms with Crippen LogP contribution in [0.25, 0.3) is 23.5 Å². The molecule has 0 saturated heterocycles. The fourth-order valence-electron chi connectivity index (χ4n) is 2.08. The molecular weight excluding hydrogens is 314 g/mol. The number of nitrogens with one attached hydrogen (secondary N) is 1. The number of rotatable bonds is 4. The van der Waals surface area contributed by atoms with E-state index in [1.165, 1.54) is 12.2 Å². The molecule has 0 bridgehead atoms. The molecule has 0 saturated carbocycles. The van der Waals surface area contributed by atoms with E-state index in [0.717, 1.165) is 5.56 Å². The molecule has 8 heteroatoms. The molecule has 0 atom stereocenters. The zero-order valence-electron chi connectivity index (χ0n) is 12.2. The minimum Gasteiger partial charge on any atom is -0.488 e. The number of aromatic nitrogens is 2. The Morgan fingerprint density at radius 1 is 1.17 bits per heavy atom. The number of nitrogens with zero attached hydrogens (tertiary/aromatic N) is 2. The quantitative estimate of drug-likeness (QED) is 0.561. The van der Waals surface area contributed by atoms with E-state index in [2.05, 4.69) is 9.97 Å². The monoisotopic (exact) mass is 325 g/mol. The SMILES string of the molecule is O=c1[nH]c(C=Cc2ccc(-c3ccccc3)o2)nc(O)c1[N+](=O)[O-]. The van der Waals surface area contributed by atoms with Crippen LogP contribution in [0.1, 0.15) is 11.6 Å². The fraction of sp³-hybridized carbons (Fsp3) is 0. The zero-order chi connectivity index (χ0) is 17.1. The molecule has 3 aromatic rings. The highest BCUT2D eigenvalue weighted by atomic mass is 16.6. The van der Waals surface area contributed by atoms with Crippen LogP contribution in [0.5, 0.6) is 5.88 Å². The molecule has 0 spiro atoms. The van der Waals surface area contributed by atoms with Crippen LogP contribution < -0.4 is 5.56 Å². The molecule has 3 rings (SSSR count). The average molecular weight is 325 g/mol. The third kappa shape index (κ3) is 3.07. The molecule has 0 unspecified atom stereocenters. The highest BCUT2D eigenvalue weighted by Gasteiger charge is 2.21. The van der Waals surface area contributed by atoms with Crippen LogP contribution in [-0.4, -0.2) is 20.0 Å². The number of aromatic amines is 1. The van der Waals surface area contributed by atoms with Crippen molar-refractivity contribution in [3.63, 3.8) is 0 Å². The number of H-pyrrole nitrogens is 1. The molecule has 2 aromatic heterocycles. The number of benzene rings is 1. The van der Waals surface area contributed by atoms with Gasteiger partial charge in [0.2, 0.25) is 0 Å². The van der Waals surface area contributed by atoms with Crippen LogP contribution in [0.2, 0.25) is 0 Å². The molecule has 8 nitrogen and oxygen atoms in total. The van der Waals surface area contributed by atoms with E-state index >= 15 is 0 Å². The van der Waals surface area contributed by atoms with Gasteiger partial charge in [0.05, 0.1) is 4.92 Å². The molecule has 0 aliphatic rings. The second kappa shape index (κ2) is 6.21. The molecule has 2 heterocycles. The maximum Gasteiger partial charge on any atom is 0.395 e. The van der Waals surface area contributed by atoms with Gasteiger partial charge < -0.3 is 14.5 Å². The number of furan rings is 1. The van der Waals surface area contributed by atoms with Crippen LogP contribution in [0, 0.1) is 10.1 Å². The predicted octanol–water partition coefficient (Wildman–Crippen LogP) is 2.81. The van der Waals surface area contributed by atoms with Gasteiger partial charge in [0, 0.05) is 5.56 Å². The summed E-state index contributed by atoms with van der Waals surface area (Å²) in [6.07, 6.45) is 2.90. The minimum absolute atomic E-state index is 0.0271. The Labute approximate surface area is 134 Å². The summed E-state index contributed by atoms with van der Waals surface area (Å²) in [7, 11) is 0. The molecule has 24 heavy (non-hydrogen) atoms. The number of aromatic hydroxyl groups is 1. The molecule has 1 aromatic carbocycles. The summed E-state index contributed by atoms with van der Waals surface area (Å²) in [5, 5.41) is 20.1. The summed E-state index contributed by atoms with van der Waals surface area (Å²) in [6, 6.07) is 13.0. The molecule has 0 aliphatic heterocycles. The van der Waals surface area contributed by atoms with E-state index in [9.17, 15) is 20.0 Å². The molecule has 120 valence electrons. The number of nitro groups is 1. The summed E-state index contributed by atoms with van der Waals surface area (Å²) in [5.74, 6) is 0.200. The lowest BCUT2D eigenvalue weighted by Gasteiger charge is -1.96. The minimum atomic E-state index is -1.03. The van der Waals surface area contributed by atoms with Gasteiger partial charge in [0.15, 0.2) is 0 Å². The van der Waals surface area contributed by atoms with Gasteiger partial charge in [-0.1, -0.05) is 30.3 Å². The molecule has 0 aliphatic carbocycles. The van der Waals surface area contributed by atoms with Gasteiger partial charge >= 0.3 is 11.2 Å². The largest absolute Gasteiger partial charge is 0.488 e. The van der Waals surface area contributed by atoms with Crippen molar-refractivity contribution in [2.45, 2.75) is 0 Å².